The molecule has 1 aromatic rings. The molecule has 2 N–H and O–H groups in total. The molecule has 78 valence electrons. The molecule has 0 aliphatic carbocycles. The monoisotopic (exact) mass is 215 g/mol. The quantitative estimate of drug-likeness (QED) is 0.803. The van der Waals surface area contributed by atoms with Crippen LogP contribution in [0.5, 0.6) is 0 Å². The fraction of sp³-hybridized carbons (Fsp3) is 0.556. The molecule has 0 bridgehead atoms. The van der Waals surface area contributed by atoms with Gasteiger partial charge in [0.2, 0.25) is 0 Å². The van der Waals surface area contributed by atoms with Gasteiger partial charge in [0.05, 0.1) is 12.3 Å². The third kappa shape index (κ3) is 3.47. The predicted octanol–water partition coefficient (Wildman–Crippen LogP) is 1.70. The minimum Gasteiger partial charge on any atom is -0.393 e. The molecule has 0 saturated carbocycles. The van der Waals surface area contributed by atoms with E-state index in [9.17, 15) is 0 Å². The lowest BCUT2D eigenvalue weighted by atomic mass is 10.1. The number of aliphatic hydroxyl groups is 1. The van der Waals surface area contributed by atoms with Crippen LogP contribution in [-0.2, 0) is 0 Å². The van der Waals surface area contributed by atoms with E-state index in [0.29, 0.717) is 17.3 Å². The summed E-state index contributed by atoms with van der Waals surface area (Å²) >= 11 is 5.85. The number of nitrogens with one attached hydrogen (secondary N) is 1. The fourth-order valence-electron chi connectivity index (χ4n) is 1.22. The van der Waals surface area contributed by atoms with Gasteiger partial charge in [0.25, 0.3) is 0 Å². The van der Waals surface area contributed by atoms with E-state index in [2.05, 4.69) is 15.3 Å². The first-order chi connectivity index (χ1) is 6.59. The van der Waals surface area contributed by atoms with E-state index >= 15 is 0 Å². The molecule has 1 rings (SSSR count). The molecule has 5 heteroatoms. The molecule has 0 spiro atoms. The van der Waals surface area contributed by atoms with Crippen LogP contribution in [0.15, 0.2) is 12.5 Å². The van der Waals surface area contributed by atoms with E-state index in [0.717, 1.165) is 0 Å². The molecule has 0 aliphatic heterocycles. The first-order valence-corrected chi connectivity index (χ1v) is 4.87. The first-order valence-electron chi connectivity index (χ1n) is 4.49. The number of rotatable bonds is 4. The van der Waals surface area contributed by atoms with Crippen LogP contribution < -0.4 is 5.32 Å². The maximum atomic E-state index is 9.16. The summed E-state index contributed by atoms with van der Waals surface area (Å²) in [4.78, 5) is 7.77. The van der Waals surface area contributed by atoms with Gasteiger partial charge in [0, 0.05) is 6.04 Å². The second-order valence-electron chi connectivity index (χ2n) is 3.35. The number of hydrogen-bond donors (Lipinski definition) is 2. The van der Waals surface area contributed by atoms with E-state index in [1.165, 1.54) is 12.5 Å². The van der Waals surface area contributed by atoms with Gasteiger partial charge in [-0.25, -0.2) is 9.97 Å². The Balaban J connectivity index is 2.56. The first kappa shape index (κ1) is 11.2. The van der Waals surface area contributed by atoms with Crippen molar-refractivity contribution in [3.8, 4) is 0 Å². The lowest BCUT2D eigenvalue weighted by Crippen LogP contribution is -2.21. The summed E-state index contributed by atoms with van der Waals surface area (Å²) in [6, 6.07) is 0.127. The minimum absolute atomic E-state index is 0.127. The maximum Gasteiger partial charge on any atom is 0.148 e. The van der Waals surface area contributed by atoms with Gasteiger partial charge in [0.15, 0.2) is 0 Å². The van der Waals surface area contributed by atoms with Crippen LogP contribution in [0.1, 0.15) is 20.3 Å². The van der Waals surface area contributed by atoms with Gasteiger partial charge in [-0.1, -0.05) is 11.6 Å². The molecule has 0 radical (unpaired) electrons. The van der Waals surface area contributed by atoms with Crippen LogP contribution in [0.4, 0.5) is 5.82 Å². The van der Waals surface area contributed by atoms with E-state index in [1.54, 1.807) is 6.92 Å². The highest BCUT2D eigenvalue weighted by Gasteiger charge is 2.08. The molecule has 0 aromatic carbocycles. The van der Waals surface area contributed by atoms with E-state index in [-0.39, 0.29) is 12.1 Å². The predicted molar refractivity (Wildman–Crippen MR) is 56.4 cm³/mol. The average Bonchev–Trinajstić information content (AvgIpc) is 2.07. The second kappa shape index (κ2) is 5.12. The molecule has 2 unspecified atom stereocenters. The molecule has 14 heavy (non-hydrogen) atoms. The van der Waals surface area contributed by atoms with Crippen molar-refractivity contribution in [1.82, 2.24) is 9.97 Å². The summed E-state index contributed by atoms with van der Waals surface area (Å²) in [5.41, 5.74) is 0. The van der Waals surface area contributed by atoms with Crippen molar-refractivity contribution in [2.24, 2.45) is 0 Å². The summed E-state index contributed by atoms with van der Waals surface area (Å²) in [5, 5.41) is 12.8. The van der Waals surface area contributed by atoms with Crippen molar-refractivity contribution in [3.63, 3.8) is 0 Å². The maximum absolute atomic E-state index is 9.16. The number of aliphatic hydroxyl groups excluding tert-OH is 1. The highest BCUT2D eigenvalue weighted by Crippen LogP contribution is 2.17. The van der Waals surface area contributed by atoms with Crippen molar-refractivity contribution in [1.29, 1.82) is 0 Å². The number of nitrogens with zero attached hydrogens (tertiary/aromatic N) is 2. The smallest absolute Gasteiger partial charge is 0.148 e. The summed E-state index contributed by atoms with van der Waals surface area (Å²) in [7, 11) is 0. The molecule has 0 aliphatic rings. The molecule has 0 fully saturated rings. The number of hydrogen-bond acceptors (Lipinski definition) is 4. The topological polar surface area (TPSA) is 58.0 Å². The molecule has 1 aromatic heterocycles. The van der Waals surface area contributed by atoms with E-state index < -0.39 is 0 Å². The zero-order valence-electron chi connectivity index (χ0n) is 8.24. The van der Waals surface area contributed by atoms with Crippen LogP contribution in [0, 0.1) is 0 Å². The summed E-state index contributed by atoms with van der Waals surface area (Å²) in [6.45, 7) is 3.71. The van der Waals surface area contributed by atoms with E-state index in [4.69, 9.17) is 16.7 Å². The van der Waals surface area contributed by atoms with Gasteiger partial charge in [-0.3, -0.25) is 0 Å². The number of aromatic nitrogens is 2. The van der Waals surface area contributed by atoms with Crippen LogP contribution in [0.3, 0.4) is 0 Å². The van der Waals surface area contributed by atoms with Gasteiger partial charge in [-0.15, -0.1) is 0 Å². The van der Waals surface area contributed by atoms with Crippen molar-refractivity contribution < 1.29 is 5.11 Å². The van der Waals surface area contributed by atoms with Crippen LogP contribution in [-0.4, -0.2) is 27.2 Å². The van der Waals surface area contributed by atoms with Crippen LogP contribution >= 0.6 is 11.6 Å². The highest BCUT2D eigenvalue weighted by molar-refractivity contribution is 6.32. The van der Waals surface area contributed by atoms with Crippen molar-refractivity contribution in [2.45, 2.75) is 32.4 Å². The molecule has 0 amide bonds. The average molecular weight is 216 g/mol. The summed E-state index contributed by atoms with van der Waals surface area (Å²) in [6.07, 6.45) is 3.29. The van der Waals surface area contributed by atoms with Gasteiger partial charge in [-0.05, 0) is 20.3 Å². The molecule has 4 nitrogen and oxygen atoms in total. The van der Waals surface area contributed by atoms with Crippen molar-refractivity contribution in [3.05, 3.63) is 17.5 Å². The Morgan fingerprint density at radius 1 is 1.57 bits per heavy atom. The van der Waals surface area contributed by atoms with Crippen LogP contribution in [0.2, 0.25) is 5.02 Å². The molecular weight excluding hydrogens is 202 g/mol. The lowest BCUT2D eigenvalue weighted by molar-refractivity contribution is 0.179. The van der Waals surface area contributed by atoms with Gasteiger partial charge in [0.1, 0.15) is 17.2 Å². The number of anilines is 1. The summed E-state index contributed by atoms with van der Waals surface area (Å²) in [5.74, 6) is 0.606. The minimum atomic E-state index is -0.335. The fourth-order valence-corrected chi connectivity index (χ4v) is 1.38. The zero-order chi connectivity index (χ0) is 10.6. The molecule has 1 heterocycles. The summed E-state index contributed by atoms with van der Waals surface area (Å²) < 4.78 is 0. The standard InChI is InChI=1S/C9H14ClN3O/c1-6(3-7(2)14)13-9-8(10)4-11-5-12-9/h4-7,14H,3H2,1-2H3,(H,11,12,13). The molecule has 2 atom stereocenters. The Morgan fingerprint density at radius 3 is 2.86 bits per heavy atom. The van der Waals surface area contributed by atoms with Gasteiger partial charge < -0.3 is 10.4 Å². The Kier molecular flexibility index (Phi) is 4.10. The SMILES string of the molecule is CC(O)CC(C)Nc1ncncc1Cl. The van der Waals surface area contributed by atoms with Gasteiger partial charge >= 0.3 is 0 Å². The molecule has 0 saturated heterocycles. The van der Waals surface area contributed by atoms with Crippen molar-refractivity contribution in [2.75, 3.05) is 5.32 Å². The Morgan fingerprint density at radius 2 is 2.29 bits per heavy atom. The molecular formula is C9H14ClN3O. The van der Waals surface area contributed by atoms with Crippen LogP contribution in [0.25, 0.3) is 0 Å². The van der Waals surface area contributed by atoms with E-state index in [1.807, 2.05) is 6.92 Å². The largest absolute Gasteiger partial charge is 0.393 e. The second-order valence-corrected chi connectivity index (χ2v) is 3.76. The third-order valence-electron chi connectivity index (χ3n) is 1.75. The highest BCUT2D eigenvalue weighted by atomic mass is 35.5. The Labute approximate surface area is 88.3 Å². The zero-order valence-corrected chi connectivity index (χ0v) is 8.99. The Hall–Kier alpha value is -0.870. The van der Waals surface area contributed by atoms with Gasteiger partial charge in [-0.2, -0.15) is 0 Å². The Bertz CT molecular complexity index is 293. The number of halogens is 1. The third-order valence-corrected chi connectivity index (χ3v) is 2.02. The van der Waals surface area contributed by atoms with Crippen molar-refractivity contribution >= 4 is 17.4 Å². The lowest BCUT2D eigenvalue weighted by Gasteiger charge is -2.16. The normalized spacial score (nSPS) is 14.9.